The number of aromatic amines is 1. The smallest absolute Gasteiger partial charge is 0.261 e. The molecule has 7 nitrogen and oxygen atoms in total. The van der Waals surface area contributed by atoms with E-state index in [1.807, 2.05) is 0 Å². The second kappa shape index (κ2) is 6.49. The van der Waals surface area contributed by atoms with Crippen molar-refractivity contribution in [3.63, 3.8) is 0 Å². The van der Waals surface area contributed by atoms with E-state index in [9.17, 15) is 4.79 Å². The molecule has 2 fully saturated rings. The van der Waals surface area contributed by atoms with E-state index in [4.69, 9.17) is 0 Å². The Hall–Kier alpha value is -2.67. The van der Waals surface area contributed by atoms with Crippen LogP contribution in [0.3, 0.4) is 0 Å². The molecule has 27 heavy (non-hydrogen) atoms. The molecular weight excluding hydrogens is 340 g/mol. The van der Waals surface area contributed by atoms with Gasteiger partial charge in [-0.1, -0.05) is 0 Å². The largest absolute Gasteiger partial charge is 0.371 e. The van der Waals surface area contributed by atoms with Crippen molar-refractivity contribution in [1.29, 1.82) is 0 Å². The third-order valence-electron chi connectivity index (χ3n) is 6.32. The zero-order valence-corrected chi connectivity index (χ0v) is 15.3. The lowest BCUT2D eigenvalue weighted by molar-refractivity contribution is 0.155. The number of H-pyrrole nitrogens is 1. The second-order valence-electron chi connectivity index (χ2n) is 7.78. The molecule has 3 aromatic rings. The van der Waals surface area contributed by atoms with Crippen LogP contribution in [0.25, 0.3) is 16.7 Å². The van der Waals surface area contributed by atoms with Crippen LogP contribution in [-0.4, -0.2) is 45.9 Å². The van der Waals surface area contributed by atoms with Crippen molar-refractivity contribution in [2.24, 2.45) is 5.41 Å². The molecule has 1 aromatic carbocycles. The Bertz CT molecular complexity index is 989. The molecule has 0 aliphatic carbocycles. The van der Waals surface area contributed by atoms with Crippen molar-refractivity contribution in [1.82, 2.24) is 25.1 Å². The normalized spacial score (nSPS) is 19.6. The lowest BCUT2D eigenvalue weighted by Gasteiger charge is -2.45. The van der Waals surface area contributed by atoms with E-state index < -0.39 is 0 Å². The number of benzene rings is 1. The Labute approximate surface area is 157 Å². The summed E-state index contributed by atoms with van der Waals surface area (Å²) in [5.74, 6) is 0. The Morgan fingerprint density at radius 2 is 1.67 bits per heavy atom. The number of anilines is 1. The van der Waals surface area contributed by atoms with Gasteiger partial charge in [-0.15, -0.1) is 0 Å². The van der Waals surface area contributed by atoms with Gasteiger partial charge in [0.25, 0.3) is 5.56 Å². The van der Waals surface area contributed by atoms with Crippen LogP contribution in [0, 0.1) is 5.41 Å². The molecular formula is C20H24N6O. The van der Waals surface area contributed by atoms with Gasteiger partial charge in [-0.3, -0.25) is 4.79 Å². The van der Waals surface area contributed by atoms with Gasteiger partial charge in [0.2, 0.25) is 0 Å². The van der Waals surface area contributed by atoms with Gasteiger partial charge in [0.05, 0.1) is 18.2 Å². The fourth-order valence-electron chi connectivity index (χ4n) is 4.55. The summed E-state index contributed by atoms with van der Waals surface area (Å²) in [6.07, 6.45) is 8.19. The number of fused-ring (bicyclic) bond motifs is 1. The van der Waals surface area contributed by atoms with Crippen LogP contribution in [0.15, 0.2) is 41.6 Å². The first-order valence-electron chi connectivity index (χ1n) is 9.72. The highest BCUT2D eigenvalue weighted by Gasteiger charge is 2.35. The minimum Gasteiger partial charge on any atom is -0.371 e. The SMILES string of the molecule is O=c1[nH]cnc2c1cnn2-c1ccc(N2CCC3(CCNCC3)CC2)cc1. The molecule has 7 heteroatoms. The number of nitrogens with zero attached hydrogens (tertiary/aromatic N) is 4. The van der Waals surface area contributed by atoms with Crippen molar-refractivity contribution in [2.75, 3.05) is 31.1 Å². The molecule has 5 rings (SSSR count). The molecule has 0 amide bonds. The highest BCUT2D eigenvalue weighted by atomic mass is 16.1. The van der Waals surface area contributed by atoms with Gasteiger partial charge in [0.15, 0.2) is 5.65 Å². The Balaban J connectivity index is 1.35. The van der Waals surface area contributed by atoms with E-state index in [0.29, 0.717) is 16.4 Å². The maximum Gasteiger partial charge on any atom is 0.261 e. The summed E-state index contributed by atoms with van der Waals surface area (Å²) in [5.41, 5.74) is 3.15. The van der Waals surface area contributed by atoms with Crippen molar-refractivity contribution in [3.8, 4) is 5.69 Å². The van der Waals surface area contributed by atoms with Crippen molar-refractivity contribution in [2.45, 2.75) is 25.7 Å². The predicted molar refractivity (Wildman–Crippen MR) is 105 cm³/mol. The Kier molecular flexibility index (Phi) is 3.97. The molecule has 2 N–H and O–H groups in total. The van der Waals surface area contributed by atoms with Gasteiger partial charge < -0.3 is 15.2 Å². The molecule has 2 aliphatic rings. The van der Waals surface area contributed by atoms with E-state index in [1.54, 1.807) is 10.9 Å². The van der Waals surface area contributed by atoms with E-state index in [2.05, 4.69) is 49.5 Å². The first-order valence-corrected chi connectivity index (χ1v) is 9.72. The summed E-state index contributed by atoms with van der Waals surface area (Å²) in [7, 11) is 0. The zero-order chi connectivity index (χ0) is 18.3. The summed E-state index contributed by atoms with van der Waals surface area (Å²) in [5, 5.41) is 8.33. The highest BCUT2D eigenvalue weighted by molar-refractivity contribution is 5.74. The molecule has 2 saturated heterocycles. The van der Waals surface area contributed by atoms with Gasteiger partial charge in [0, 0.05) is 18.8 Å². The molecule has 0 unspecified atom stereocenters. The number of rotatable bonds is 2. The van der Waals surface area contributed by atoms with E-state index in [-0.39, 0.29) is 5.56 Å². The van der Waals surface area contributed by atoms with Crippen molar-refractivity contribution >= 4 is 16.7 Å². The topological polar surface area (TPSA) is 78.8 Å². The number of hydrogen-bond acceptors (Lipinski definition) is 5. The summed E-state index contributed by atoms with van der Waals surface area (Å²) >= 11 is 0. The molecule has 2 aliphatic heterocycles. The second-order valence-corrected chi connectivity index (χ2v) is 7.78. The van der Waals surface area contributed by atoms with Crippen LogP contribution in [-0.2, 0) is 0 Å². The van der Waals surface area contributed by atoms with E-state index in [1.165, 1.54) is 50.8 Å². The van der Waals surface area contributed by atoms with Crippen LogP contribution < -0.4 is 15.8 Å². The minimum atomic E-state index is -0.164. The van der Waals surface area contributed by atoms with Crippen molar-refractivity contribution in [3.05, 3.63) is 47.1 Å². The molecule has 0 radical (unpaired) electrons. The molecule has 0 bridgehead atoms. The molecule has 0 atom stereocenters. The lowest BCUT2D eigenvalue weighted by Crippen LogP contribution is -2.45. The van der Waals surface area contributed by atoms with Crippen LogP contribution in [0.1, 0.15) is 25.7 Å². The Morgan fingerprint density at radius 3 is 2.41 bits per heavy atom. The van der Waals surface area contributed by atoms with Gasteiger partial charge in [-0.2, -0.15) is 5.10 Å². The molecule has 2 aromatic heterocycles. The minimum absolute atomic E-state index is 0.164. The van der Waals surface area contributed by atoms with Gasteiger partial charge in [-0.25, -0.2) is 9.67 Å². The predicted octanol–water partition coefficient (Wildman–Crippen LogP) is 2.08. The summed E-state index contributed by atoms with van der Waals surface area (Å²) in [4.78, 5) is 21.2. The van der Waals surface area contributed by atoms with Crippen LogP contribution >= 0.6 is 0 Å². The third-order valence-corrected chi connectivity index (χ3v) is 6.32. The highest BCUT2D eigenvalue weighted by Crippen LogP contribution is 2.40. The third kappa shape index (κ3) is 2.92. The number of piperidine rings is 2. The first-order chi connectivity index (χ1) is 13.2. The van der Waals surface area contributed by atoms with Crippen molar-refractivity contribution < 1.29 is 0 Å². The quantitative estimate of drug-likeness (QED) is 0.728. The summed E-state index contributed by atoms with van der Waals surface area (Å²) < 4.78 is 1.72. The molecule has 0 saturated carbocycles. The molecule has 1 spiro atoms. The van der Waals surface area contributed by atoms with E-state index in [0.717, 1.165) is 18.8 Å². The van der Waals surface area contributed by atoms with E-state index >= 15 is 0 Å². The fraction of sp³-hybridized carbons (Fsp3) is 0.450. The summed E-state index contributed by atoms with van der Waals surface area (Å²) in [6.45, 7) is 4.59. The first kappa shape index (κ1) is 16.5. The average Bonchev–Trinajstić information content (AvgIpc) is 3.15. The maximum atomic E-state index is 11.9. The van der Waals surface area contributed by atoms with Gasteiger partial charge in [-0.05, 0) is 68.5 Å². The summed E-state index contributed by atoms with van der Waals surface area (Å²) in [6, 6.07) is 8.41. The number of nitrogens with one attached hydrogen (secondary N) is 2. The lowest BCUT2D eigenvalue weighted by atomic mass is 9.71. The Morgan fingerprint density at radius 1 is 0.963 bits per heavy atom. The molecule has 4 heterocycles. The molecule has 140 valence electrons. The zero-order valence-electron chi connectivity index (χ0n) is 15.3. The van der Waals surface area contributed by atoms with Crippen LogP contribution in [0.2, 0.25) is 0 Å². The monoisotopic (exact) mass is 364 g/mol. The van der Waals surface area contributed by atoms with Gasteiger partial charge in [0.1, 0.15) is 5.39 Å². The average molecular weight is 364 g/mol. The standard InChI is InChI=1S/C20H24N6O/c27-19-17-13-24-26(18(17)22-14-23-19)16-3-1-15(2-4-16)25-11-7-20(8-12-25)5-9-21-10-6-20/h1-4,13-14,21H,5-12H2,(H,22,23,27). The van der Waals surface area contributed by atoms with Gasteiger partial charge >= 0.3 is 0 Å². The maximum absolute atomic E-state index is 11.9. The number of hydrogen-bond donors (Lipinski definition) is 2. The fourth-order valence-corrected chi connectivity index (χ4v) is 4.55. The number of aromatic nitrogens is 4. The van der Waals surface area contributed by atoms with Crippen LogP contribution in [0.5, 0.6) is 0 Å². The van der Waals surface area contributed by atoms with Crippen LogP contribution in [0.4, 0.5) is 5.69 Å².